The Kier molecular flexibility index (Phi) is 44.6. The van der Waals surface area contributed by atoms with Crippen LogP contribution in [0.5, 0.6) is 0 Å². The molecule has 16 heteroatoms. The minimum absolute atomic E-state index is 0.0939. The zero-order valence-electron chi connectivity index (χ0n) is 44.1. The van der Waals surface area contributed by atoms with Crippen molar-refractivity contribution < 1.29 is 62.0 Å². The molecule has 0 aromatic carbocycles. The number of hydrogen-bond acceptors (Lipinski definition) is 15. The van der Waals surface area contributed by atoms with Crippen LogP contribution in [0.25, 0.3) is 0 Å². The third-order valence-corrected chi connectivity index (χ3v) is 12.4. The van der Waals surface area contributed by atoms with E-state index in [9.17, 15) is 33.6 Å². The van der Waals surface area contributed by atoms with E-state index >= 15 is 0 Å². The molecule has 402 valence electrons. The second-order valence-electron chi connectivity index (χ2n) is 18.4. The second kappa shape index (κ2) is 47.0. The number of thioether (sulfide) groups is 1. The van der Waals surface area contributed by atoms with Crippen LogP contribution in [0.15, 0.2) is 0 Å². The van der Waals surface area contributed by atoms with E-state index in [1.165, 1.54) is 4.90 Å². The highest BCUT2D eigenvalue weighted by Gasteiger charge is 2.24. The van der Waals surface area contributed by atoms with Crippen LogP contribution < -0.4 is 0 Å². The molecule has 0 aromatic heterocycles. The molecule has 0 saturated carbocycles. The molecule has 1 unspecified atom stereocenters. The van der Waals surface area contributed by atoms with E-state index in [-0.39, 0.29) is 83.3 Å². The highest BCUT2D eigenvalue weighted by molar-refractivity contribution is 8.13. The Morgan fingerprint density at radius 1 is 0.362 bits per heavy atom. The average molecular weight is 1000 g/mol. The van der Waals surface area contributed by atoms with Crippen molar-refractivity contribution in [1.82, 2.24) is 9.80 Å². The van der Waals surface area contributed by atoms with Crippen molar-refractivity contribution in [1.29, 1.82) is 0 Å². The van der Waals surface area contributed by atoms with Crippen LogP contribution >= 0.6 is 11.8 Å². The molecule has 1 atom stereocenters. The highest BCUT2D eigenvalue weighted by atomic mass is 32.2. The first kappa shape index (κ1) is 65.6. The molecule has 0 fully saturated rings. The van der Waals surface area contributed by atoms with Crippen molar-refractivity contribution in [3.8, 4) is 0 Å². The van der Waals surface area contributed by atoms with E-state index in [0.717, 1.165) is 147 Å². The summed E-state index contributed by atoms with van der Waals surface area (Å²) in [6.07, 6.45) is 22.0. The zero-order chi connectivity index (χ0) is 51.2. The summed E-state index contributed by atoms with van der Waals surface area (Å²) in [5, 5.41) is -0.341. The maximum absolute atomic E-state index is 13.5. The maximum atomic E-state index is 13.5. The lowest BCUT2D eigenvalue weighted by molar-refractivity contribution is -0.167. The summed E-state index contributed by atoms with van der Waals surface area (Å²) in [5.74, 6) is -2.61. The first-order chi connectivity index (χ1) is 33.3. The summed E-state index contributed by atoms with van der Waals surface area (Å²) >= 11 is 1.07. The molecular weight excluding hydrogens is 905 g/mol. The van der Waals surface area contributed by atoms with Gasteiger partial charge in [0.05, 0.1) is 12.8 Å². The summed E-state index contributed by atoms with van der Waals surface area (Å²) in [6, 6.07) is 0. The minimum Gasteiger partial charge on any atom is -0.462 e. The van der Waals surface area contributed by atoms with Crippen molar-refractivity contribution in [3.63, 3.8) is 0 Å². The van der Waals surface area contributed by atoms with Crippen LogP contribution in [0.2, 0.25) is 0 Å². The quantitative estimate of drug-likeness (QED) is 0.0319. The molecule has 0 aliphatic heterocycles. The number of carbonyl (C=O) groups excluding carboxylic acids is 7. The fourth-order valence-electron chi connectivity index (χ4n) is 7.15. The van der Waals surface area contributed by atoms with E-state index in [2.05, 4.69) is 27.7 Å². The van der Waals surface area contributed by atoms with Gasteiger partial charge in [-0.1, -0.05) is 161 Å². The predicted octanol–water partition coefficient (Wildman–Crippen LogP) is 11.5. The number of rotatable bonds is 47. The number of unbranched alkanes of at least 4 members (excludes halogenated alkanes) is 19. The van der Waals surface area contributed by atoms with E-state index in [4.69, 9.17) is 28.4 Å². The van der Waals surface area contributed by atoms with Crippen LogP contribution in [0.3, 0.4) is 0 Å². The SMILES string of the molecule is CCCCCCCCC(=O)OCC(COC(=O)CCCCCCC)OC(=O)CCN(CCC(=O)OC(COC(=O)CCCCCCCC)COC(=O)CCCCCCCC)C(=O)SCCCN(C)C. The highest BCUT2D eigenvalue weighted by Crippen LogP contribution is 2.16. The topological polar surface area (TPSA) is 181 Å². The second-order valence-corrected chi connectivity index (χ2v) is 19.5. The third-order valence-electron chi connectivity index (χ3n) is 11.4. The van der Waals surface area contributed by atoms with Gasteiger partial charge in [-0.15, -0.1) is 0 Å². The molecule has 0 heterocycles. The number of hydrogen-bond donors (Lipinski definition) is 0. The van der Waals surface area contributed by atoms with Gasteiger partial charge in [0.2, 0.25) is 0 Å². The summed E-state index contributed by atoms with van der Waals surface area (Å²) in [5.41, 5.74) is 0. The van der Waals surface area contributed by atoms with Crippen LogP contribution in [0.1, 0.15) is 220 Å². The smallest absolute Gasteiger partial charge is 0.308 e. The van der Waals surface area contributed by atoms with Gasteiger partial charge in [0, 0.05) is 44.5 Å². The van der Waals surface area contributed by atoms with E-state index in [1.54, 1.807) is 0 Å². The van der Waals surface area contributed by atoms with Gasteiger partial charge in [-0.25, -0.2) is 0 Å². The summed E-state index contributed by atoms with van der Waals surface area (Å²) in [6.45, 7) is 7.98. The van der Waals surface area contributed by atoms with Crippen LogP contribution in [-0.4, -0.2) is 129 Å². The Labute approximate surface area is 421 Å². The Hall–Kier alpha value is -3.40. The van der Waals surface area contributed by atoms with Crippen molar-refractivity contribution >= 4 is 52.8 Å². The molecule has 69 heavy (non-hydrogen) atoms. The Balaban J connectivity index is 5.73. The molecule has 0 bridgehead atoms. The molecule has 0 rings (SSSR count). The number of ether oxygens (including phenoxy) is 6. The lowest BCUT2D eigenvalue weighted by Crippen LogP contribution is -2.36. The number of amides is 1. The molecule has 0 aliphatic rings. The molecule has 0 N–H and O–H groups in total. The molecular formula is C53H96N2O13S. The molecule has 0 spiro atoms. The molecule has 0 aromatic rings. The van der Waals surface area contributed by atoms with Gasteiger partial charge < -0.3 is 38.2 Å². The van der Waals surface area contributed by atoms with Gasteiger partial charge in [0.25, 0.3) is 5.24 Å². The first-order valence-electron chi connectivity index (χ1n) is 26.9. The molecule has 15 nitrogen and oxygen atoms in total. The molecule has 0 radical (unpaired) electrons. The predicted molar refractivity (Wildman–Crippen MR) is 273 cm³/mol. The van der Waals surface area contributed by atoms with Crippen LogP contribution in [-0.2, 0) is 57.2 Å². The monoisotopic (exact) mass is 1000 g/mol. The maximum Gasteiger partial charge on any atom is 0.308 e. The van der Waals surface area contributed by atoms with Gasteiger partial charge in [0.1, 0.15) is 26.4 Å². The van der Waals surface area contributed by atoms with Gasteiger partial charge in [-0.3, -0.25) is 33.6 Å². The van der Waals surface area contributed by atoms with Gasteiger partial charge in [0.15, 0.2) is 12.2 Å². The molecule has 0 saturated heterocycles. The average Bonchev–Trinajstić information content (AvgIpc) is 3.32. The van der Waals surface area contributed by atoms with Crippen molar-refractivity contribution in [2.45, 2.75) is 233 Å². The number of carbonyl (C=O) groups is 7. The first-order valence-corrected chi connectivity index (χ1v) is 27.9. The third kappa shape index (κ3) is 43.1. The van der Waals surface area contributed by atoms with Gasteiger partial charge in [-0.05, 0) is 52.7 Å². The minimum atomic E-state index is -1.05. The van der Waals surface area contributed by atoms with Crippen LogP contribution in [0, 0.1) is 0 Å². The lowest BCUT2D eigenvalue weighted by atomic mass is 10.1. The Morgan fingerprint density at radius 2 is 0.652 bits per heavy atom. The van der Waals surface area contributed by atoms with Gasteiger partial charge >= 0.3 is 35.8 Å². The fraction of sp³-hybridized carbons (Fsp3) is 0.868. The van der Waals surface area contributed by atoms with Crippen LogP contribution in [0.4, 0.5) is 4.79 Å². The lowest BCUT2D eigenvalue weighted by Gasteiger charge is -2.23. The largest absolute Gasteiger partial charge is 0.462 e. The summed E-state index contributed by atoms with van der Waals surface area (Å²) in [7, 11) is 3.88. The van der Waals surface area contributed by atoms with Gasteiger partial charge in [-0.2, -0.15) is 0 Å². The molecule has 1 amide bonds. The number of esters is 6. The van der Waals surface area contributed by atoms with Crippen molar-refractivity contribution in [2.24, 2.45) is 0 Å². The Morgan fingerprint density at radius 3 is 0.942 bits per heavy atom. The molecule has 0 aliphatic carbocycles. The Bertz CT molecular complexity index is 1320. The van der Waals surface area contributed by atoms with E-state index < -0.39 is 48.0 Å². The van der Waals surface area contributed by atoms with Crippen molar-refractivity contribution in [3.05, 3.63) is 0 Å². The van der Waals surface area contributed by atoms with E-state index in [1.807, 2.05) is 19.0 Å². The standard InChI is InChI=1S/C53H96N2O13S/c1-7-11-15-19-23-27-32-48(57)64-42-45(41-63-47(56)31-26-22-18-14-10-4)67-51(60)35-38-55(53(62)69-40-30-37-54(5)6)39-36-52(61)68-46(43-65-49(58)33-28-24-20-16-12-8-2)44-66-50(59)34-29-25-21-17-13-9-3/h45-46H,7-44H2,1-6H3. The summed E-state index contributed by atoms with van der Waals surface area (Å²) < 4.78 is 33.2. The zero-order valence-corrected chi connectivity index (χ0v) is 45.0. The fourth-order valence-corrected chi connectivity index (χ4v) is 7.97. The van der Waals surface area contributed by atoms with Crippen molar-refractivity contribution in [2.75, 3.05) is 65.9 Å². The number of nitrogens with zero attached hydrogens (tertiary/aromatic N) is 2. The summed E-state index contributed by atoms with van der Waals surface area (Å²) in [4.78, 5) is 94.0. The van der Waals surface area contributed by atoms with E-state index in [0.29, 0.717) is 31.4 Å². The normalized spacial score (nSPS) is 11.6.